The lowest BCUT2D eigenvalue weighted by Crippen LogP contribution is -2.25. The van der Waals surface area contributed by atoms with Gasteiger partial charge in [-0.05, 0) is 64.6 Å². The number of aryl methyl sites for hydroxylation is 1. The highest BCUT2D eigenvalue weighted by atomic mass is 19.1. The average molecular weight is 485 g/mol. The fourth-order valence-corrected chi connectivity index (χ4v) is 3.86. The van der Waals surface area contributed by atoms with Crippen LogP contribution in [-0.4, -0.2) is 18.7 Å². The zero-order valence-corrected chi connectivity index (χ0v) is 20.6. The third-order valence-corrected chi connectivity index (χ3v) is 5.77. The molecule has 0 atom stereocenters. The van der Waals surface area contributed by atoms with Crippen molar-refractivity contribution in [2.75, 3.05) is 6.61 Å². The molecule has 6 heteroatoms. The second-order valence-corrected chi connectivity index (χ2v) is 8.89. The summed E-state index contributed by atoms with van der Waals surface area (Å²) in [6, 6.07) is 23.9. The van der Waals surface area contributed by atoms with Gasteiger partial charge in [0.05, 0.1) is 6.21 Å². The second-order valence-electron chi connectivity index (χ2n) is 8.89. The first-order chi connectivity index (χ1) is 17.4. The van der Waals surface area contributed by atoms with Gasteiger partial charge in [0.1, 0.15) is 23.9 Å². The van der Waals surface area contributed by atoms with E-state index in [1.807, 2.05) is 61.5 Å². The lowest BCUT2D eigenvalue weighted by atomic mass is 10.0. The molecule has 1 amide bonds. The number of fused-ring (bicyclic) bond motifs is 1. The molecule has 184 valence electrons. The maximum Gasteiger partial charge on any atom is 0.277 e. The van der Waals surface area contributed by atoms with Gasteiger partial charge in [-0.15, -0.1) is 0 Å². The second kappa shape index (κ2) is 11.5. The van der Waals surface area contributed by atoms with E-state index in [0.29, 0.717) is 11.5 Å². The number of nitrogens with one attached hydrogen (secondary N) is 1. The Morgan fingerprint density at radius 1 is 0.972 bits per heavy atom. The van der Waals surface area contributed by atoms with Crippen LogP contribution in [0.1, 0.15) is 42.0 Å². The first-order valence-corrected chi connectivity index (χ1v) is 11.8. The third-order valence-electron chi connectivity index (χ3n) is 5.77. The summed E-state index contributed by atoms with van der Waals surface area (Å²) in [6.45, 7) is 6.28. The summed E-state index contributed by atoms with van der Waals surface area (Å²) in [5.74, 6) is 0.931. The quantitative estimate of drug-likeness (QED) is 0.217. The van der Waals surface area contributed by atoms with Crippen LogP contribution in [-0.2, 0) is 11.4 Å². The summed E-state index contributed by atoms with van der Waals surface area (Å²) in [5, 5.41) is 6.12. The molecule has 0 aliphatic rings. The Morgan fingerprint density at radius 2 is 1.75 bits per heavy atom. The lowest BCUT2D eigenvalue weighted by molar-refractivity contribution is -0.123. The first kappa shape index (κ1) is 24.9. The molecule has 0 bridgehead atoms. The van der Waals surface area contributed by atoms with Crippen LogP contribution < -0.4 is 14.9 Å². The van der Waals surface area contributed by atoms with E-state index >= 15 is 0 Å². The minimum atomic E-state index is -0.364. The molecule has 0 fully saturated rings. The van der Waals surface area contributed by atoms with E-state index in [4.69, 9.17) is 9.47 Å². The van der Waals surface area contributed by atoms with Crippen molar-refractivity contribution in [1.82, 2.24) is 5.43 Å². The van der Waals surface area contributed by atoms with Gasteiger partial charge in [0, 0.05) is 5.56 Å². The highest BCUT2D eigenvalue weighted by Crippen LogP contribution is 2.28. The molecule has 0 unspecified atom stereocenters. The van der Waals surface area contributed by atoms with Crippen molar-refractivity contribution >= 4 is 22.9 Å². The standard InChI is InChI=1S/C30H29FN2O3/c1-20(2)25-14-8-21(3)16-29(25)36-19-30(34)33-32-17-27-26-7-5-4-6-23(26)11-15-28(27)35-18-22-9-12-24(31)13-10-22/h4-17,20H,18-19H2,1-3H3,(H,33,34)/b32-17+. The first-order valence-electron chi connectivity index (χ1n) is 11.8. The summed E-state index contributed by atoms with van der Waals surface area (Å²) in [5.41, 5.74) is 6.24. The number of halogens is 1. The fourth-order valence-electron chi connectivity index (χ4n) is 3.86. The Bertz CT molecular complexity index is 1380. The monoisotopic (exact) mass is 484 g/mol. The van der Waals surface area contributed by atoms with Gasteiger partial charge in [0.15, 0.2) is 6.61 Å². The fraction of sp³-hybridized carbons (Fsp3) is 0.200. The molecule has 4 aromatic carbocycles. The molecule has 1 N–H and O–H groups in total. The summed E-state index contributed by atoms with van der Waals surface area (Å²) in [6.07, 6.45) is 1.58. The molecule has 0 aliphatic heterocycles. The summed E-state index contributed by atoms with van der Waals surface area (Å²) >= 11 is 0. The number of nitrogens with zero attached hydrogens (tertiary/aromatic N) is 1. The van der Waals surface area contributed by atoms with Gasteiger partial charge in [0.25, 0.3) is 5.91 Å². The van der Waals surface area contributed by atoms with Gasteiger partial charge in [0.2, 0.25) is 0 Å². The minimum absolute atomic E-state index is 0.149. The molecule has 0 aromatic heterocycles. The Balaban J connectivity index is 1.46. The maximum absolute atomic E-state index is 13.2. The number of ether oxygens (including phenoxy) is 2. The molecule has 0 heterocycles. The maximum atomic E-state index is 13.2. The van der Waals surface area contributed by atoms with E-state index in [1.54, 1.807) is 18.3 Å². The van der Waals surface area contributed by atoms with Gasteiger partial charge in [-0.25, -0.2) is 9.82 Å². The van der Waals surface area contributed by atoms with Crippen LogP contribution in [0.25, 0.3) is 10.8 Å². The zero-order chi connectivity index (χ0) is 25.5. The highest BCUT2D eigenvalue weighted by Gasteiger charge is 2.11. The van der Waals surface area contributed by atoms with Gasteiger partial charge in [-0.1, -0.05) is 68.4 Å². The number of hydrogen-bond acceptors (Lipinski definition) is 4. The van der Waals surface area contributed by atoms with E-state index in [1.165, 1.54) is 12.1 Å². The number of carbonyl (C=O) groups is 1. The predicted molar refractivity (Wildman–Crippen MR) is 141 cm³/mol. The number of amides is 1. The van der Waals surface area contributed by atoms with Crippen molar-refractivity contribution in [2.45, 2.75) is 33.3 Å². The number of benzene rings is 4. The summed E-state index contributed by atoms with van der Waals surface area (Å²) in [4.78, 5) is 12.4. The largest absolute Gasteiger partial charge is 0.488 e. The van der Waals surface area contributed by atoms with Crippen molar-refractivity contribution in [3.8, 4) is 11.5 Å². The minimum Gasteiger partial charge on any atom is -0.488 e. The molecular formula is C30H29FN2O3. The van der Waals surface area contributed by atoms with Crippen molar-refractivity contribution in [3.05, 3.63) is 107 Å². The highest BCUT2D eigenvalue weighted by molar-refractivity contribution is 6.02. The molecule has 4 rings (SSSR count). The molecule has 5 nitrogen and oxygen atoms in total. The van der Waals surface area contributed by atoms with Crippen LogP contribution in [0.2, 0.25) is 0 Å². The van der Waals surface area contributed by atoms with Crippen LogP contribution in [0.5, 0.6) is 11.5 Å². The average Bonchev–Trinajstić information content (AvgIpc) is 2.87. The zero-order valence-electron chi connectivity index (χ0n) is 20.6. The molecule has 0 radical (unpaired) electrons. The third kappa shape index (κ3) is 6.27. The molecular weight excluding hydrogens is 455 g/mol. The van der Waals surface area contributed by atoms with Gasteiger partial charge in [-0.2, -0.15) is 5.10 Å². The van der Waals surface area contributed by atoms with Crippen molar-refractivity contribution in [3.63, 3.8) is 0 Å². The summed E-state index contributed by atoms with van der Waals surface area (Å²) in [7, 11) is 0. The number of hydrazone groups is 1. The van der Waals surface area contributed by atoms with Crippen LogP contribution >= 0.6 is 0 Å². The molecule has 0 spiro atoms. The van der Waals surface area contributed by atoms with Gasteiger partial charge in [-0.3, -0.25) is 4.79 Å². The SMILES string of the molecule is Cc1ccc(C(C)C)c(OCC(=O)N/N=C/c2c(OCc3ccc(F)cc3)ccc3ccccc23)c1. The van der Waals surface area contributed by atoms with Crippen molar-refractivity contribution < 1.29 is 18.7 Å². The van der Waals surface area contributed by atoms with Crippen LogP contribution in [0.3, 0.4) is 0 Å². The number of carbonyl (C=O) groups excluding carboxylic acids is 1. The lowest BCUT2D eigenvalue weighted by Gasteiger charge is -2.14. The van der Waals surface area contributed by atoms with E-state index in [2.05, 4.69) is 24.4 Å². The molecule has 4 aromatic rings. The van der Waals surface area contributed by atoms with E-state index in [-0.39, 0.29) is 30.9 Å². The molecule has 0 saturated carbocycles. The van der Waals surface area contributed by atoms with E-state index in [0.717, 1.165) is 33.0 Å². The Hall–Kier alpha value is -4.19. The Morgan fingerprint density at radius 3 is 2.53 bits per heavy atom. The number of rotatable bonds is 9. The molecule has 0 aliphatic carbocycles. The van der Waals surface area contributed by atoms with E-state index in [9.17, 15) is 9.18 Å². The summed E-state index contributed by atoms with van der Waals surface area (Å²) < 4.78 is 25.0. The predicted octanol–water partition coefficient (Wildman–Crippen LogP) is 6.52. The topological polar surface area (TPSA) is 59.9 Å². The van der Waals surface area contributed by atoms with Crippen molar-refractivity contribution in [1.29, 1.82) is 0 Å². The smallest absolute Gasteiger partial charge is 0.277 e. The Labute approximate surface area is 210 Å². The van der Waals surface area contributed by atoms with E-state index < -0.39 is 0 Å². The van der Waals surface area contributed by atoms with Crippen LogP contribution in [0, 0.1) is 12.7 Å². The van der Waals surface area contributed by atoms with Crippen molar-refractivity contribution in [2.24, 2.45) is 5.10 Å². The number of hydrogen-bond donors (Lipinski definition) is 1. The van der Waals surface area contributed by atoms with Crippen LogP contribution in [0.15, 0.2) is 84.0 Å². The van der Waals surface area contributed by atoms with Gasteiger partial charge >= 0.3 is 0 Å². The van der Waals surface area contributed by atoms with Crippen LogP contribution in [0.4, 0.5) is 4.39 Å². The normalized spacial score (nSPS) is 11.2. The van der Waals surface area contributed by atoms with Gasteiger partial charge < -0.3 is 9.47 Å². The molecule has 0 saturated heterocycles. The Kier molecular flexibility index (Phi) is 7.95. The molecule has 36 heavy (non-hydrogen) atoms.